The number of ether oxygens (including phenoxy) is 1. The van der Waals surface area contributed by atoms with Crippen molar-refractivity contribution in [2.45, 2.75) is 38.7 Å². The predicted octanol–water partition coefficient (Wildman–Crippen LogP) is 4.52. The predicted molar refractivity (Wildman–Crippen MR) is 126 cm³/mol. The zero-order valence-corrected chi connectivity index (χ0v) is 19.4. The van der Waals surface area contributed by atoms with Crippen LogP contribution in [-0.2, 0) is 14.8 Å². The fraction of sp³-hybridized carbons (Fsp3) is 0.240. The van der Waals surface area contributed by atoms with Crippen LogP contribution < -0.4 is 14.4 Å². The maximum atomic E-state index is 13.5. The van der Waals surface area contributed by atoms with Crippen LogP contribution in [0.25, 0.3) is 0 Å². The van der Waals surface area contributed by atoms with Crippen molar-refractivity contribution in [2.24, 2.45) is 0 Å². The topological polar surface area (TPSA) is 75.7 Å². The van der Waals surface area contributed by atoms with Crippen LogP contribution in [0.2, 0.25) is 0 Å². The quantitative estimate of drug-likeness (QED) is 0.634. The Hall–Kier alpha value is -3.32. The number of nitrogens with zero attached hydrogens (tertiary/aromatic N) is 1. The minimum absolute atomic E-state index is 0.122. The third kappa shape index (κ3) is 4.08. The highest BCUT2D eigenvalue weighted by atomic mass is 32.2. The normalized spacial score (nSPS) is 15.6. The summed E-state index contributed by atoms with van der Waals surface area (Å²) in [7, 11) is -3.89. The molecule has 0 spiro atoms. The van der Waals surface area contributed by atoms with Gasteiger partial charge in [0.2, 0.25) is 0 Å². The van der Waals surface area contributed by atoms with Gasteiger partial charge in [0.15, 0.2) is 6.10 Å². The van der Waals surface area contributed by atoms with E-state index < -0.39 is 22.0 Å². The number of hydrogen-bond donors (Lipinski definition) is 1. The van der Waals surface area contributed by atoms with E-state index in [1.54, 1.807) is 36.4 Å². The van der Waals surface area contributed by atoms with E-state index in [1.165, 1.54) is 4.31 Å². The maximum absolute atomic E-state index is 13.5. The van der Waals surface area contributed by atoms with Crippen LogP contribution in [-0.4, -0.2) is 27.0 Å². The van der Waals surface area contributed by atoms with Gasteiger partial charge in [-0.25, -0.2) is 8.42 Å². The van der Waals surface area contributed by atoms with Gasteiger partial charge in [-0.1, -0.05) is 35.9 Å². The maximum Gasteiger partial charge on any atom is 0.267 e. The van der Waals surface area contributed by atoms with E-state index in [2.05, 4.69) is 5.32 Å². The average Bonchev–Trinajstić information content (AvgIpc) is 2.76. The van der Waals surface area contributed by atoms with E-state index in [-0.39, 0.29) is 11.4 Å². The molecule has 0 saturated carbocycles. The fourth-order valence-electron chi connectivity index (χ4n) is 3.66. The Kier molecular flexibility index (Phi) is 5.69. The van der Waals surface area contributed by atoms with Gasteiger partial charge < -0.3 is 10.1 Å². The molecule has 1 unspecified atom stereocenters. The lowest BCUT2D eigenvalue weighted by Gasteiger charge is -2.35. The Morgan fingerprint density at radius 3 is 2.38 bits per heavy atom. The van der Waals surface area contributed by atoms with Crippen LogP contribution in [0.4, 0.5) is 11.4 Å². The summed E-state index contributed by atoms with van der Waals surface area (Å²) in [5, 5.41) is 2.90. The molecule has 1 aliphatic rings. The smallest absolute Gasteiger partial charge is 0.267 e. The molecule has 1 N–H and O–H groups in total. The first-order chi connectivity index (χ1) is 15.2. The lowest BCUT2D eigenvalue weighted by Crippen LogP contribution is -2.48. The largest absolute Gasteiger partial charge is 0.476 e. The van der Waals surface area contributed by atoms with Crippen molar-refractivity contribution in [3.63, 3.8) is 0 Å². The molecule has 1 aliphatic heterocycles. The molecule has 0 saturated heterocycles. The highest BCUT2D eigenvalue weighted by Crippen LogP contribution is 2.38. The zero-order chi connectivity index (χ0) is 23.0. The van der Waals surface area contributed by atoms with Crippen LogP contribution in [0.5, 0.6) is 5.75 Å². The van der Waals surface area contributed by atoms with Crippen molar-refractivity contribution in [1.29, 1.82) is 0 Å². The third-order valence-electron chi connectivity index (χ3n) is 5.75. The Morgan fingerprint density at radius 2 is 1.66 bits per heavy atom. The number of benzene rings is 3. The van der Waals surface area contributed by atoms with E-state index in [0.717, 1.165) is 22.3 Å². The number of carbonyl (C=O) groups is 1. The molecule has 6 nitrogen and oxygen atoms in total. The van der Waals surface area contributed by atoms with Gasteiger partial charge in [0.05, 0.1) is 17.1 Å². The minimum atomic E-state index is -3.89. The van der Waals surface area contributed by atoms with Crippen molar-refractivity contribution >= 4 is 27.3 Å². The molecule has 1 heterocycles. The summed E-state index contributed by atoms with van der Waals surface area (Å²) in [6.45, 7) is 7.57. The van der Waals surface area contributed by atoms with E-state index >= 15 is 0 Å². The Labute approximate surface area is 188 Å². The van der Waals surface area contributed by atoms with E-state index in [9.17, 15) is 13.2 Å². The van der Waals surface area contributed by atoms with Crippen LogP contribution in [0, 0.1) is 27.7 Å². The highest BCUT2D eigenvalue weighted by Gasteiger charge is 2.37. The van der Waals surface area contributed by atoms with Gasteiger partial charge in [0.25, 0.3) is 15.9 Å². The fourth-order valence-corrected chi connectivity index (χ4v) is 5.14. The first-order valence-electron chi connectivity index (χ1n) is 10.4. The highest BCUT2D eigenvalue weighted by molar-refractivity contribution is 7.92. The first kappa shape index (κ1) is 21.9. The van der Waals surface area contributed by atoms with Crippen molar-refractivity contribution in [2.75, 3.05) is 16.2 Å². The van der Waals surface area contributed by atoms with Crippen LogP contribution >= 0.6 is 0 Å². The lowest BCUT2D eigenvalue weighted by molar-refractivity contribution is -0.122. The number of carbonyl (C=O) groups excluding carboxylic acids is 1. The number of aryl methyl sites for hydroxylation is 3. The second-order valence-corrected chi connectivity index (χ2v) is 10.0. The second-order valence-electron chi connectivity index (χ2n) is 8.16. The molecule has 4 rings (SSSR count). The lowest BCUT2D eigenvalue weighted by atomic mass is 10.1. The molecule has 0 radical (unpaired) electrons. The van der Waals surface area contributed by atoms with Gasteiger partial charge in [-0.05, 0) is 74.7 Å². The SMILES string of the molecule is Cc1ccc(S(=O)(=O)N2CC(C(=O)Nc3cccc(C)c3C)Oc3cc(C)ccc32)cc1. The molecule has 166 valence electrons. The molecule has 32 heavy (non-hydrogen) atoms. The van der Waals surface area contributed by atoms with Gasteiger partial charge in [0.1, 0.15) is 5.75 Å². The summed E-state index contributed by atoms with van der Waals surface area (Å²) in [4.78, 5) is 13.3. The minimum Gasteiger partial charge on any atom is -0.476 e. The van der Waals surface area contributed by atoms with Gasteiger partial charge >= 0.3 is 0 Å². The molecule has 3 aromatic rings. The van der Waals surface area contributed by atoms with E-state index in [4.69, 9.17) is 4.74 Å². The number of sulfonamides is 1. The van der Waals surface area contributed by atoms with Crippen LogP contribution in [0.1, 0.15) is 22.3 Å². The zero-order valence-electron chi connectivity index (χ0n) is 18.5. The molecule has 3 aromatic carbocycles. The Bertz CT molecular complexity index is 1280. The summed E-state index contributed by atoms with van der Waals surface area (Å²) < 4.78 is 34.3. The van der Waals surface area contributed by atoms with Crippen molar-refractivity contribution in [1.82, 2.24) is 0 Å². The monoisotopic (exact) mass is 450 g/mol. The molecule has 1 atom stereocenters. The van der Waals surface area contributed by atoms with Gasteiger partial charge in [-0.3, -0.25) is 9.10 Å². The first-order valence-corrected chi connectivity index (χ1v) is 11.8. The molecule has 0 aromatic heterocycles. The number of anilines is 2. The second kappa shape index (κ2) is 8.31. The summed E-state index contributed by atoms with van der Waals surface area (Å²) in [6.07, 6.45) is -0.996. The van der Waals surface area contributed by atoms with Gasteiger partial charge in [-0.2, -0.15) is 0 Å². The van der Waals surface area contributed by atoms with Gasteiger partial charge in [0, 0.05) is 5.69 Å². The summed E-state index contributed by atoms with van der Waals surface area (Å²) in [5.74, 6) is -0.0250. The summed E-state index contributed by atoms with van der Waals surface area (Å²) >= 11 is 0. The molecule has 0 aliphatic carbocycles. The number of rotatable bonds is 4. The Morgan fingerprint density at radius 1 is 0.969 bits per heavy atom. The molecule has 7 heteroatoms. The van der Waals surface area contributed by atoms with Gasteiger partial charge in [-0.15, -0.1) is 0 Å². The third-order valence-corrected chi connectivity index (χ3v) is 7.54. The number of hydrogen-bond acceptors (Lipinski definition) is 4. The van der Waals surface area contributed by atoms with E-state index in [0.29, 0.717) is 17.1 Å². The molecule has 0 fully saturated rings. The molecular weight excluding hydrogens is 424 g/mol. The molecular formula is C25H26N2O4S. The number of amides is 1. The molecule has 0 bridgehead atoms. The summed E-state index contributed by atoms with van der Waals surface area (Å²) in [6, 6.07) is 17.6. The van der Waals surface area contributed by atoms with Crippen LogP contribution in [0.3, 0.4) is 0 Å². The van der Waals surface area contributed by atoms with Crippen molar-refractivity contribution in [3.05, 3.63) is 82.9 Å². The van der Waals surface area contributed by atoms with E-state index in [1.807, 2.05) is 52.0 Å². The number of fused-ring (bicyclic) bond motifs is 1. The average molecular weight is 451 g/mol. The number of nitrogens with one attached hydrogen (secondary N) is 1. The molecule has 1 amide bonds. The standard InChI is InChI=1S/C25H26N2O4S/c1-16-8-11-20(12-9-16)32(29,30)27-15-24(31-23-14-17(2)10-13-22(23)27)25(28)26-21-7-5-6-18(3)19(21)4/h5-14,24H,15H2,1-4H3,(H,26,28). The van der Waals surface area contributed by atoms with Crippen molar-refractivity contribution in [3.8, 4) is 5.75 Å². The van der Waals surface area contributed by atoms with Crippen molar-refractivity contribution < 1.29 is 17.9 Å². The summed E-state index contributed by atoms with van der Waals surface area (Å²) in [5.41, 5.74) is 4.99. The Balaban J connectivity index is 1.70. The van der Waals surface area contributed by atoms with Crippen LogP contribution in [0.15, 0.2) is 65.6 Å².